The summed E-state index contributed by atoms with van der Waals surface area (Å²) >= 11 is 0. The van der Waals surface area contributed by atoms with E-state index in [2.05, 4.69) is 22.9 Å². The second-order valence-corrected chi connectivity index (χ2v) is 2.75. The van der Waals surface area contributed by atoms with Crippen molar-refractivity contribution >= 4 is 5.69 Å². The Morgan fingerprint density at radius 3 is 2.31 bits per heavy atom. The molecule has 0 unspecified atom stereocenters. The Labute approximate surface area is 81.6 Å². The first-order valence-corrected chi connectivity index (χ1v) is 4.86. The fraction of sp³-hybridized carbons (Fsp3) is 0.545. The standard InChI is InChI=1S/C9H14N2.C2H6/c1-4-8-5-6-10-7-9(8)11(2)3;1-2/h5-7H,4H2,1-3H3;1-2H3. The number of anilines is 1. The molecule has 0 aliphatic carbocycles. The van der Waals surface area contributed by atoms with Crippen LogP contribution < -0.4 is 4.90 Å². The van der Waals surface area contributed by atoms with E-state index in [9.17, 15) is 0 Å². The van der Waals surface area contributed by atoms with Crippen molar-refractivity contribution in [3.63, 3.8) is 0 Å². The molecule has 1 aromatic rings. The summed E-state index contributed by atoms with van der Waals surface area (Å²) < 4.78 is 0. The SMILES string of the molecule is CC.CCc1ccncc1N(C)C. The number of nitrogens with zero attached hydrogens (tertiary/aromatic N) is 2. The van der Waals surface area contributed by atoms with E-state index in [1.807, 2.05) is 40.3 Å². The number of aryl methyl sites for hydroxylation is 1. The van der Waals surface area contributed by atoms with Crippen molar-refractivity contribution in [3.8, 4) is 0 Å². The molecule has 0 fully saturated rings. The van der Waals surface area contributed by atoms with E-state index in [0.29, 0.717) is 0 Å². The van der Waals surface area contributed by atoms with Gasteiger partial charge in [-0.1, -0.05) is 20.8 Å². The van der Waals surface area contributed by atoms with Crippen LogP contribution in [0.4, 0.5) is 5.69 Å². The van der Waals surface area contributed by atoms with Gasteiger partial charge in [-0.15, -0.1) is 0 Å². The molecule has 0 amide bonds. The minimum atomic E-state index is 1.07. The molecule has 0 spiro atoms. The van der Waals surface area contributed by atoms with Gasteiger partial charge in [0, 0.05) is 20.3 Å². The summed E-state index contributed by atoms with van der Waals surface area (Å²) in [5, 5.41) is 0. The van der Waals surface area contributed by atoms with Crippen LogP contribution in [0.3, 0.4) is 0 Å². The van der Waals surface area contributed by atoms with Crippen LogP contribution in [0.1, 0.15) is 26.3 Å². The molecule has 2 nitrogen and oxygen atoms in total. The summed E-state index contributed by atoms with van der Waals surface area (Å²) in [4.78, 5) is 6.16. The second-order valence-electron chi connectivity index (χ2n) is 2.75. The van der Waals surface area contributed by atoms with Gasteiger partial charge in [-0.25, -0.2) is 0 Å². The van der Waals surface area contributed by atoms with Crippen LogP contribution in [0.2, 0.25) is 0 Å². The lowest BCUT2D eigenvalue weighted by molar-refractivity contribution is 1.04. The van der Waals surface area contributed by atoms with Gasteiger partial charge in [0.25, 0.3) is 0 Å². The predicted molar refractivity (Wildman–Crippen MR) is 59.3 cm³/mol. The number of pyridine rings is 1. The van der Waals surface area contributed by atoms with E-state index >= 15 is 0 Å². The van der Waals surface area contributed by atoms with E-state index in [1.54, 1.807) is 0 Å². The van der Waals surface area contributed by atoms with Crippen molar-refractivity contribution in [1.29, 1.82) is 0 Å². The van der Waals surface area contributed by atoms with E-state index in [1.165, 1.54) is 11.3 Å². The van der Waals surface area contributed by atoms with Gasteiger partial charge >= 0.3 is 0 Å². The average Bonchev–Trinajstić information content (AvgIpc) is 2.20. The molecule has 0 saturated carbocycles. The Morgan fingerprint density at radius 1 is 1.31 bits per heavy atom. The zero-order valence-corrected chi connectivity index (χ0v) is 9.33. The molecule has 0 aliphatic heterocycles. The van der Waals surface area contributed by atoms with Gasteiger partial charge in [-0.3, -0.25) is 4.98 Å². The lowest BCUT2D eigenvalue weighted by atomic mass is 10.2. The molecule has 0 radical (unpaired) electrons. The molecule has 0 N–H and O–H groups in total. The molecule has 0 saturated heterocycles. The molecular weight excluding hydrogens is 160 g/mol. The van der Waals surface area contributed by atoms with Crippen LogP contribution in [-0.2, 0) is 6.42 Å². The third-order valence-electron chi connectivity index (χ3n) is 1.75. The average molecular weight is 180 g/mol. The number of aromatic nitrogens is 1. The molecule has 0 aliphatic rings. The molecule has 0 atom stereocenters. The van der Waals surface area contributed by atoms with Crippen molar-refractivity contribution in [2.75, 3.05) is 19.0 Å². The Bertz CT molecular complexity index is 231. The lowest BCUT2D eigenvalue weighted by Crippen LogP contribution is -2.11. The van der Waals surface area contributed by atoms with E-state index in [-0.39, 0.29) is 0 Å². The Hall–Kier alpha value is -1.05. The summed E-state index contributed by atoms with van der Waals surface area (Å²) in [6, 6.07) is 2.06. The first kappa shape index (κ1) is 11.9. The van der Waals surface area contributed by atoms with Gasteiger partial charge in [0.05, 0.1) is 11.9 Å². The first-order chi connectivity index (χ1) is 6.25. The largest absolute Gasteiger partial charge is 0.376 e. The molecule has 13 heavy (non-hydrogen) atoms. The van der Waals surface area contributed by atoms with Gasteiger partial charge in [0.15, 0.2) is 0 Å². The fourth-order valence-electron chi connectivity index (χ4n) is 1.12. The molecule has 74 valence electrons. The summed E-state index contributed by atoms with van der Waals surface area (Å²) in [6.07, 6.45) is 4.81. The zero-order chi connectivity index (χ0) is 10.3. The van der Waals surface area contributed by atoms with Crippen LogP contribution >= 0.6 is 0 Å². The fourth-order valence-corrected chi connectivity index (χ4v) is 1.12. The smallest absolute Gasteiger partial charge is 0.0579 e. The maximum atomic E-state index is 4.07. The first-order valence-electron chi connectivity index (χ1n) is 4.86. The van der Waals surface area contributed by atoms with Crippen LogP contribution in [-0.4, -0.2) is 19.1 Å². The monoisotopic (exact) mass is 180 g/mol. The third-order valence-corrected chi connectivity index (χ3v) is 1.75. The van der Waals surface area contributed by atoms with Gasteiger partial charge in [0.1, 0.15) is 0 Å². The van der Waals surface area contributed by atoms with Crippen molar-refractivity contribution in [2.24, 2.45) is 0 Å². The molecule has 1 rings (SSSR count). The quantitative estimate of drug-likeness (QED) is 0.695. The molecule has 0 aromatic carbocycles. The maximum absolute atomic E-state index is 4.07. The molecule has 0 bridgehead atoms. The van der Waals surface area contributed by atoms with Crippen molar-refractivity contribution < 1.29 is 0 Å². The van der Waals surface area contributed by atoms with Crippen molar-refractivity contribution in [2.45, 2.75) is 27.2 Å². The topological polar surface area (TPSA) is 16.1 Å². The maximum Gasteiger partial charge on any atom is 0.0579 e. The van der Waals surface area contributed by atoms with Gasteiger partial charge in [-0.2, -0.15) is 0 Å². The Balaban J connectivity index is 0.000000671. The third kappa shape index (κ3) is 3.45. The van der Waals surface area contributed by atoms with E-state index in [4.69, 9.17) is 0 Å². The zero-order valence-electron chi connectivity index (χ0n) is 9.33. The normalized spacial score (nSPS) is 8.69. The van der Waals surface area contributed by atoms with Gasteiger partial charge < -0.3 is 4.90 Å². The highest BCUT2D eigenvalue weighted by Gasteiger charge is 2.00. The molecule has 1 aromatic heterocycles. The highest BCUT2D eigenvalue weighted by molar-refractivity contribution is 5.50. The minimum Gasteiger partial charge on any atom is -0.376 e. The van der Waals surface area contributed by atoms with Crippen LogP contribution in [0.5, 0.6) is 0 Å². The van der Waals surface area contributed by atoms with Gasteiger partial charge in [0.2, 0.25) is 0 Å². The number of hydrogen-bond donors (Lipinski definition) is 0. The summed E-state index contributed by atoms with van der Waals surface area (Å²) in [6.45, 7) is 6.16. The minimum absolute atomic E-state index is 1.07. The van der Waals surface area contributed by atoms with Crippen LogP contribution in [0.15, 0.2) is 18.5 Å². The van der Waals surface area contributed by atoms with E-state index < -0.39 is 0 Å². The number of rotatable bonds is 2. The van der Waals surface area contributed by atoms with Gasteiger partial charge in [-0.05, 0) is 18.1 Å². The molecular formula is C11H20N2. The van der Waals surface area contributed by atoms with Crippen molar-refractivity contribution in [3.05, 3.63) is 24.0 Å². The predicted octanol–water partition coefficient (Wildman–Crippen LogP) is 2.74. The Kier molecular flexibility index (Phi) is 5.94. The summed E-state index contributed by atoms with van der Waals surface area (Å²) in [5.74, 6) is 0. The summed E-state index contributed by atoms with van der Waals surface area (Å²) in [7, 11) is 4.08. The lowest BCUT2D eigenvalue weighted by Gasteiger charge is -2.15. The highest BCUT2D eigenvalue weighted by atomic mass is 15.1. The summed E-state index contributed by atoms with van der Waals surface area (Å²) in [5.41, 5.74) is 2.57. The van der Waals surface area contributed by atoms with Crippen LogP contribution in [0, 0.1) is 0 Å². The number of hydrogen-bond acceptors (Lipinski definition) is 2. The van der Waals surface area contributed by atoms with E-state index in [0.717, 1.165) is 6.42 Å². The Morgan fingerprint density at radius 2 is 1.92 bits per heavy atom. The van der Waals surface area contributed by atoms with Crippen LogP contribution in [0.25, 0.3) is 0 Å². The molecule has 1 heterocycles. The highest BCUT2D eigenvalue weighted by Crippen LogP contribution is 2.15. The second kappa shape index (κ2) is 6.46. The van der Waals surface area contributed by atoms with Crippen molar-refractivity contribution in [1.82, 2.24) is 4.98 Å². The molecule has 2 heteroatoms.